The average Bonchev–Trinajstić information content (AvgIpc) is 2.44. The fraction of sp³-hybridized carbons (Fsp3) is 0.667. The predicted molar refractivity (Wildman–Crippen MR) is 79.7 cm³/mol. The molecule has 3 atom stereocenters. The lowest BCUT2D eigenvalue weighted by atomic mass is 9.64. The van der Waals surface area contributed by atoms with Gasteiger partial charge in [0, 0.05) is 0 Å². The summed E-state index contributed by atoms with van der Waals surface area (Å²) in [5, 5.41) is 9.83. The molecule has 1 aromatic rings. The van der Waals surface area contributed by atoms with Gasteiger partial charge in [-0.15, -0.1) is 0 Å². The first-order valence-corrected chi connectivity index (χ1v) is 8.12. The second-order valence-corrected chi connectivity index (χ2v) is 6.54. The van der Waals surface area contributed by atoms with E-state index in [0.29, 0.717) is 11.7 Å². The van der Waals surface area contributed by atoms with Crippen molar-refractivity contribution in [3.8, 4) is 5.75 Å². The Kier molecular flexibility index (Phi) is 3.81. The lowest BCUT2D eigenvalue weighted by Gasteiger charge is -2.41. The normalized spacial score (nSPS) is 29.6. The number of rotatable bonds is 3. The van der Waals surface area contributed by atoms with Gasteiger partial charge >= 0.3 is 0 Å². The molecule has 1 aromatic carbocycles. The molecule has 0 saturated heterocycles. The minimum Gasteiger partial charge on any atom is -0.508 e. The zero-order valence-corrected chi connectivity index (χ0v) is 12.1. The molecule has 0 bridgehead atoms. The SMILES string of the molecule is CCCC[C@@H]1C[C@H]2CCCC[C@@H]2c2ccc(O)cc21. The molecule has 0 aliphatic heterocycles. The number of aromatic hydroxyl groups is 1. The Morgan fingerprint density at radius 1 is 1.16 bits per heavy atom. The van der Waals surface area contributed by atoms with Crippen molar-refractivity contribution in [2.24, 2.45) is 5.92 Å². The molecule has 3 rings (SSSR count). The van der Waals surface area contributed by atoms with Crippen LogP contribution in [0.25, 0.3) is 0 Å². The molecule has 0 unspecified atom stereocenters. The summed E-state index contributed by atoms with van der Waals surface area (Å²) in [6, 6.07) is 6.17. The second kappa shape index (κ2) is 5.56. The number of fused-ring (bicyclic) bond motifs is 3. The van der Waals surface area contributed by atoms with Crippen molar-refractivity contribution < 1.29 is 5.11 Å². The van der Waals surface area contributed by atoms with Crippen LogP contribution in [0.1, 0.15) is 81.3 Å². The van der Waals surface area contributed by atoms with E-state index in [9.17, 15) is 5.11 Å². The van der Waals surface area contributed by atoms with Crippen molar-refractivity contribution in [1.82, 2.24) is 0 Å². The van der Waals surface area contributed by atoms with Crippen molar-refractivity contribution in [3.63, 3.8) is 0 Å². The van der Waals surface area contributed by atoms with Gasteiger partial charge in [-0.3, -0.25) is 0 Å². The quantitative estimate of drug-likeness (QED) is 0.775. The summed E-state index contributed by atoms with van der Waals surface area (Å²) in [4.78, 5) is 0. The molecular weight excluding hydrogens is 232 g/mol. The van der Waals surface area contributed by atoms with Gasteiger partial charge < -0.3 is 5.11 Å². The first-order chi connectivity index (χ1) is 9.29. The van der Waals surface area contributed by atoms with Crippen molar-refractivity contribution in [3.05, 3.63) is 29.3 Å². The number of hydrogen-bond donors (Lipinski definition) is 1. The molecule has 0 heterocycles. The van der Waals surface area contributed by atoms with E-state index in [2.05, 4.69) is 19.1 Å². The largest absolute Gasteiger partial charge is 0.508 e. The highest BCUT2D eigenvalue weighted by Crippen LogP contribution is 2.51. The van der Waals surface area contributed by atoms with Crippen LogP contribution in [0.5, 0.6) is 5.75 Å². The molecule has 19 heavy (non-hydrogen) atoms. The van der Waals surface area contributed by atoms with Crippen LogP contribution in [-0.4, -0.2) is 5.11 Å². The van der Waals surface area contributed by atoms with Gasteiger partial charge in [0.15, 0.2) is 0 Å². The van der Waals surface area contributed by atoms with Crippen LogP contribution in [0.2, 0.25) is 0 Å². The third-order valence-electron chi connectivity index (χ3n) is 5.31. The van der Waals surface area contributed by atoms with Gasteiger partial charge in [0.25, 0.3) is 0 Å². The summed E-state index contributed by atoms with van der Waals surface area (Å²) in [5.74, 6) is 2.84. The maximum atomic E-state index is 9.83. The number of phenolic OH excluding ortho intramolecular Hbond substituents is 1. The molecule has 2 aliphatic carbocycles. The van der Waals surface area contributed by atoms with Crippen LogP contribution in [-0.2, 0) is 0 Å². The van der Waals surface area contributed by atoms with Gasteiger partial charge in [-0.05, 0) is 66.7 Å². The minimum atomic E-state index is 0.453. The highest BCUT2D eigenvalue weighted by molar-refractivity contribution is 5.42. The van der Waals surface area contributed by atoms with Crippen molar-refractivity contribution >= 4 is 0 Å². The van der Waals surface area contributed by atoms with Crippen LogP contribution in [0, 0.1) is 5.92 Å². The molecule has 1 saturated carbocycles. The summed E-state index contributed by atoms with van der Waals surface area (Å²) < 4.78 is 0. The maximum Gasteiger partial charge on any atom is 0.115 e. The maximum absolute atomic E-state index is 9.83. The molecule has 2 aliphatic rings. The Balaban J connectivity index is 1.93. The average molecular weight is 258 g/mol. The van der Waals surface area contributed by atoms with Gasteiger partial charge in [0.05, 0.1) is 0 Å². The molecule has 0 radical (unpaired) electrons. The standard InChI is InChI=1S/C18H26O/c1-2-3-6-14-11-13-7-4-5-8-16(13)17-10-9-15(19)12-18(14)17/h9-10,12-14,16,19H,2-8,11H2,1H3/t13-,14-,16+/m1/s1. The van der Waals surface area contributed by atoms with Crippen LogP contribution >= 0.6 is 0 Å². The molecular formula is C18H26O. The Bertz CT molecular complexity index is 437. The summed E-state index contributed by atoms with van der Waals surface area (Å²) >= 11 is 0. The predicted octanol–water partition coefficient (Wildman–Crippen LogP) is 5.34. The van der Waals surface area contributed by atoms with Crippen LogP contribution in [0.15, 0.2) is 18.2 Å². The zero-order chi connectivity index (χ0) is 13.2. The zero-order valence-electron chi connectivity index (χ0n) is 12.1. The number of phenols is 1. The van der Waals surface area contributed by atoms with E-state index >= 15 is 0 Å². The van der Waals surface area contributed by atoms with Gasteiger partial charge in [-0.2, -0.15) is 0 Å². The van der Waals surface area contributed by atoms with E-state index in [4.69, 9.17) is 0 Å². The number of benzene rings is 1. The third-order valence-corrected chi connectivity index (χ3v) is 5.31. The first-order valence-electron chi connectivity index (χ1n) is 8.12. The Morgan fingerprint density at radius 3 is 2.84 bits per heavy atom. The van der Waals surface area contributed by atoms with Gasteiger partial charge in [0.1, 0.15) is 5.75 Å². The summed E-state index contributed by atoms with van der Waals surface area (Å²) in [6.07, 6.45) is 10.9. The molecule has 1 heteroatoms. The highest BCUT2D eigenvalue weighted by Gasteiger charge is 2.35. The van der Waals surface area contributed by atoms with Crippen molar-refractivity contribution in [2.45, 2.75) is 70.1 Å². The Hall–Kier alpha value is -0.980. The molecule has 1 nitrogen and oxygen atoms in total. The van der Waals surface area contributed by atoms with Gasteiger partial charge in [0.2, 0.25) is 0 Å². The lowest BCUT2D eigenvalue weighted by Crippen LogP contribution is -2.26. The lowest BCUT2D eigenvalue weighted by molar-refractivity contribution is 0.248. The Morgan fingerprint density at radius 2 is 2.00 bits per heavy atom. The topological polar surface area (TPSA) is 20.2 Å². The number of unbranched alkanes of at least 4 members (excludes halogenated alkanes) is 1. The van der Waals surface area contributed by atoms with E-state index in [-0.39, 0.29) is 0 Å². The monoisotopic (exact) mass is 258 g/mol. The first kappa shape index (κ1) is 13.0. The smallest absolute Gasteiger partial charge is 0.115 e. The van der Waals surface area contributed by atoms with E-state index in [1.165, 1.54) is 56.9 Å². The second-order valence-electron chi connectivity index (χ2n) is 6.54. The fourth-order valence-electron chi connectivity index (χ4n) is 4.37. The summed E-state index contributed by atoms with van der Waals surface area (Å²) in [7, 11) is 0. The molecule has 0 amide bonds. The summed E-state index contributed by atoms with van der Waals surface area (Å²) in [5.41, 5.74) is 3.03. The van der Waals surface area contributed by atoms with E-state index < -0.39 is 0 Å². The van der Waals surface area contributed by atoms with E-state index in [0.717, 1.165) is 11.8 Å². The molecule has 1 N–H and O–H groups in total. The van der Waals surface area contributed by atoms with Gasteiger partial charge in [-0.1, -0.05) is 38.7 Å². The fourth-order valence-corrected chi connectivity index (χ4v) is 4.37. The highest BCUT2D eigenvalue weighted by atomic mass is 16.3. The minimum absolute atomic E-state index is 0.453. The summed E-state index contributed by atoms with van der Waals surface area (Å²) in [6.45, 7) is 2.27. The molecule has 1 fully saturated rings. The molecule has 0 spiro atoms. The van der Waals surface area contributed by atoms with E-state index in [1.54, 1.807) is 5.56 Å². The Labute approximate surface area is 117 Å². The van der Waals surface area contributed by atoms with Crippen LogP contribution in [0.4, 0.5) is 0 Å². The van der Waals surface area contributed by atoms with Crippen molar-refractivity contribution in [2.75, 3.05) is 0 Å². The van der Waals surface area contributed by atoms with E-state index in [1.807, 2.05) is 6.07 Å². The number of hydrogen-bond acceptors (Lipinski definition) is 1. The van der Waals surface area contributed by atoms with Crippen molar-refractivity contribution in [1.29, 1.82) is 0 Å². The molecule has 0 aromatic heterocycles. The van der Waals surface area contributed by atoms with Crippen LogP contribution in [0.3, 0.4) is 0 Å². The molecule has 104 valence electrons. The van der Waals surface area contributed by atoms with Crippen LogP contribution < -0.4 is 0 Å². The third kappa shape index (κ3) is 2.52. The van der Waals surface area contributed by atoms with Gasteiger partial charge in [-0.25, -0.2) is 0 Å².